The van der Waals surface area contributed by atoms with Gasteiger partial charge < -0.3 is 0 Å². The smallest absolute Gasteiger partial charge is 0 e. The van der Waals surface area contributed by atoms with E-state index in [1.165, 1.54) is 0 Å². The normalized spacial score (nSPS) is 0.800. The molecule has 0 spiro atoms. The third kappa shape index (κ3) is 21.0. The van der Waals surface area contributed by atoms with E-state index in [0.29, 0.717) is 0 Å². The van der Waals surface area contributed by atoms with E-state index in [2.05, 4.69) is 0 Å². The molecule has 0 rings (SSSR count). The van der Waals surface area contributed by atoms with Gasteiger partial charge >= 0.3 is 64.8 Å². The average molecular weight is 339 g/mol. The fraction of sp³-hybridized carbons (Fsp3) is 0. The van der Waals surface area contributed by atoms with Crippen LogP contribution >= 0.6 is 0 Å². The Labute approximate surface area is 85.2 Å². The summed E-state index contributed by atoms with van der Waals surface area (Å²) in [6, 6.07) is 0. The van der Waals surface area contributed by atoms with E-state index in [-0.39, 0.29) is 66.8 Å². The Kier molecular flexibility index (Phi) is 162. The van der Waals surface area contributed by atoms with Crippen LogP contribution in [0.25, 0.3) is 0 Å². The van der Waals surface area contributed by atoms with Crippen LogP contribution in [0.5, 0.6) is 0 Å². The van der Waals surface area contributed by atoms with Gasteiger partial charge in [0.15, 0.2) is 0 Å². The van der Waals surface area contributed by atoms with Crippen LogP contribution in [-0.2, 0) is 41.5 Å². The maximum Gasteiger partial charge on any atom is 0 e. The molecule has 5 heteroatoms. The summed E-state index contributed by atoms with van der Waals surface area (Å²) in [5, 5.41) is 0. The maximum atomic E-state index is 8.06. The first-order chi connectivity index (χ1) is 1.00. The van der Waals surface area contributed by atoms with Crippen molar-refractivity contribution in [3.63, 3.8) is 0 Å². The van der Waals surface area contributed by atoms with Gasteiger partial charge in [0.05, 0.1) is 0 Å². The molecule has 0 bridgehead atoms. The van der Waals surface area contributed by atoms with E-state index >= 15 is 0 Å². The van der Waals surface area contributed by atoms with E-state index in [1.807, 2.05) is 0 Å². The van der Waals surface area contributed by atoms with Crippen molar-refractivity contribution in [1.82, 2.24) is 0 Å². The van der Waals surface area contributed by atoms with Gasteiger partial charge in [-0.2, -0.15) is 0 Å². The molecule has 0 amide bonds. The largest absolute Gasteiger partial charge is 0 e. The van der Waals surface area contributed by atoms with Crippen molar-refractivity contribution in [3.05, 3.63) is 0 Å². The Balaban J connectivity index is -0.00000000167. The van der Waals surface area contributed by atoms with E-state index < -0.39 is 0 Å². The number of hydrogen-bond acceptors (Lipinski definition) is 1. The molecule has 0 aliphatic carbocycles. The number of rotatable bonds is 0. The Bertz CT molecular complexity index is 11.6. The van der Waals surface area contributed by atoms with Gasteiger partial charge in [-0.25, -0.2) is 0 Å². The minimum absolute atomic E-state index is 0. The third-order valence-electron chi connectivity index (χ3n) is 0. The summed E-state index contributed by atoms with van der Waals surface area (Å²) < 4.78 is 8.06. The number of hydrogen-bond donors (Lipinski definition) is 0. The summed E-state index contributed by atoms with van der Waals surface area (Å²) in [6.45, 7) is 0. The second-order valence-corrected chi connectivity index (χ2v) is 0. The first kappa shape index (κ1) is 25.8. The van der Waals surface area contributed by atoms with Crippen LogP contribution < -0.4 is 0 Å². The van der Waals surface area contributed by atoms with Crippen molar-refractivity contribution in [2.24, 2.45) is 0 Å². The van der Waals surface area contributed by atoms with Crippen molar-refractivity contribution < 1.29 is 41.5 Å². The van der Waals surface area contributed by atoms with Crippen LogP contribution in [-0.4, -0.2) is 45.1 Å². The Morgan fingerprint density at radius 2 is 1.20 bits per heavy atom. The third-order valence-corrected chi connectivity index (χ3v) is 0. The minimum Gasteiger partial charge on any atom is 0 e. The molecule has 0 atom stereocenters. The van der Waals surface area contributed by atoms with Crippen molar-refractivity contribution >= 4 is 45.1 Å². The zero-order chi connectivity index (χ0) is 2.00. The molecule has 0 aromatic carbocycles. The molecule has 0 fully saturated rings. The van der Waals surface area contributed by atoms with Crippen molar-refractivity contribution in [2.75, 3.05) is 0 Å². The predicted molar refractivity (Wildman–Crippen MR) is 17.8 cm³/mol. The van der Waals surface area contributed by atoms with Crippen LogP contribution in [0, 0.1) is 0 Å². The molecule has 5 heavy (non-hydrogen) atoms. The molecule has 0 heterocycles. The van der Waals surface area contributed by atoms with Gasteiger partial charge in [0.2, 0.25) is 0 Å². The molecule has 0 N–H and O–H groups in total. The molecule has 0 saturated heterocycles. The summed E-state index contributed by atoms with van der Waals surface area (Å²) >= 11 is 1.69. The van der Waals surface area contributed by atoms with E-state index in [9.17, 15) is 0 Å². The first-order valence-corrected chi connectivity index (χ1v) is 0.636. The molecule has 0 aliphatic heterocycles. The topological polar surface area (TPSA) is 17.1 Å². The molecule has 27 valence electrons. The zero-order valence-corrected chi connectivity index (χ0v) is 10.2. The quantitative estimate of drug-likeness (QED) is 0.469. The molecule has 0 aromatic rings. The summed E-state index contributed by atoms with van der Waals surface area (Å²) in [7, 11) is 0. The van der Waals surface area contributed by atoms with Crippen molar-refractivity contribution in [1.29, 1.82) is 0 Å². The Morgan fingerprint density at radius 1 is 1.20 bits per heavy atom. The van der Waals surface area contributed by atoms with Crippen LogP contribution in [0.1, 0.15) is 0 Å². The Hall–Kier alpha value is 2.51. The van der Waals surface area contributed by atoms with Gasteiger partial charge in [0.1, 0.15) is 0 Å². The fourth-order valence-electron chi connectivity index (χ4n) is 0. The molecular formula is H4BiLiMnOTi. The van der Waals surface area contributed by atoms with E-state index in [4.69, 9.17) is 3.83 Å². The second-order valence-electron chi connectivity index (χ2n) is 0. The van der Waals surface area contributed by atoms with Crippen LogP contribution in [0.2, 0.25) is 0 Å². The Morgan fingerprint density at radius 3 is 1.20 bits per heavy atom. The summed E-state index contributed by atoms with van der Waals surface area (Å²) in [6.07, 6.45) is 0. The van der Waals surface area contributed by atoms with Gasteiger partial charge in [0, 0.05) is 21.7 Å². The molecule has 0 aliphatic rings. The van der Waals surface area contributed by atoms with E-state index in [1.54, 1.807) is 15.9 Å². The van der Waals surface area contributed by atoms with Crippen LogP contribution in [0.15, 0.2) is 0 Å². The minimum atomic E-state index is 0. The maximum absolute atomic E-state index is 8.06. The SMILES string of the molecule is [BiH3].[LiH].[O]=[Mn].[Ti]. The van der Waals surface area contributed by atoms with Gasteiger partial charge in [-0.05, 0) is 0 Å². The molecule has 0 radical (unpaired) electrons. The van der Waals surface area contributed by atoms with Gasteiger partial charge in [-0.15, -0.1) is 0 Å². The standard InChI is InChI=1S/Bi.Li.Mn.O.Ti.4H. The summed E-state index contributed by atoms with van der Waals surface area (Å²) in [5.74, 6) is 0. The fourth-order valence-corrected chi connectivity index (χ4v) is 0. The van der Waals surface area contributed by atoms with Crippen molar-refractivity contribution in [2.45, 2.75) is 0 Å². The average Bonchev–Trinajstić information content (AvgIpc) is 1.00. The zero-order valence-electron chi connectivity index (χ0n) is 1.99. The molecular weight excluding hydrogens is 335 g/mol. The summed E-state index contributed by atoms with van der Waals surface area (Å²) in [5.41, 5.74) is 0. The second kappa shape index (κ2) is 31.3. The first-order valence-electron chi connectivity index (χ1n) is 0.154. The van der Waals surface area contributed by atoms with Crippen LogP contribution in [0.4, 0.5) is 0 Å². The van der Waals surface area contributed by atoms with E-state index in [0.717, 1.165) is 0 Å². The summed E-state index contributed by atoms with van der Waals surface area (Å²) in [4.78, 5) is 0. The molecule has 0 aromatic heterocycles. The van der Waals surface area contributed by atoms with Gasteiger partial charge in [-0.1, -0.05) is 0 Å². The van der Waals surface area contributed by atoms with Gasteiger partial charge in [0.25, 0.3) is 0 Å². The molecule has 0 unspecified atom stereocenters. The molecule has 0 saturated carbocycles. The van der Waals surface area contributed by atoms with Crippen molar-refractivity contribution in [3.8, 4) is 0 Å². The molecule has 1 nitrogen and oxygen atoms in total. The predicted octanol–water partition coefficient (Wildman–Crippen LogP) is -1.96. The van der Waals surface area contributed by atoms with Gasteiger partial charge in [-0.3, -0.25) is 0 Å². The monoisotopic (exact) mass is 339 g/mol. The van der Waals surface area contributed by atoms with Crippen LogP contribution in [0.3, 0.4) is 0 Å².